The average Bonchev–Trinajstić information content (AvgIpc) is 2.44. The number of benzene rings is 1. The molecule has 0 saturated heterocycles. The molecule has 0 unspecified atom stereocenters. The third kappa shape index (κ3) is 3.66. The number of rotatable bonds is 4. The van der Waals surface area contributed by atoms with E-state index in [1.807, 2.05) is 0 Å². The third-order valence-electron chi connectivity index (χ3n) is 3.72. The first-order valence-corrected chi connectivity index (χ1v) is 6.85. The largest absolute Gasteiger partial charge is 0.430 e. The standard InChI is InChI=1S/C15H16F6O3/c1-4-12(2,3)11(22)24-10-7-5-6-9(8-10)13(23,14(16,17)18)15(19,20)21/h5-8,23H,4H2,1-3H3. The predicted molar refractivity (Wildman–Crippen MR) is 72.2 cm³/mol. The topological polar surface area (TPSA) is 46.5 Å². The van der Waals surface area contributed by atoms with Crippen LogP contribution in [-0.4, -0.2) is 23.4 Å². The van der Waals surface area contributed by atoms with Gasteiger partial charge < -0.3 is 9.84 Å². The Balaban J connectivity index is 3.31. The highest BCUT2D eigenvalue weighted by molar-refractivity contribution is 5.78. The van der Waals surface area contributed by atoms with Gasteiger partial charge in [0.05, 0.1) is 5.41 Å². The summed E-state index contributed by atoms with van der Waals surface area (Å²) in [6.45, 7) is 4.70. The first kappa shape index (κ1) is 20.3. The minimum atomic E-state index is -6.00. The second-order valence-electron chi connectivity index (χ2n) is 5.86. The van der Waals surface area contributed by atoms with Gasteiger partial charge in [0.25, 0.3) is 5.60 Å². The van der Waals surface area contributed by atoms with Crippen LogP contribution >= 0.6 is 0 Å². The van der Waals surface area contributed by atoms with Crippen molar-refractivity contribution in [1.29, 1.82) is 0 Å². The Morgan fingerprint density at radius 2 is 1.58 bits per heavy atom. The van der Waals surface area contributed by atoms with E-state index in [1.165, 1.54) is 13.8 Å². The van der Waals surface area contributed by atoms with Gasteiger partial charge in [-0.3, -0.25) is 4.79 Å². The molecule has 9 heteroatoms. The van der Waals surface area contributed by atoms with Crippen LogP contribution in [0.1, 0.15) is 32.8 Å². The van der Waals surface area contributed by atoms with E-state index in [2.05, 4.69) is 0 Å². The normalized spacial score (nSPS) is 13.8. The van der Waals surface area contributed by atoms with Gasteiger partial charge in [-0.15, -0.1) is 0 Å². The molecule has 24 heavy (non-hydrogen) atoms. The van der Waals surface area contributed by atoms with Crippen molar-refractivity contribution in [1.82, 2.24) is 0 Å². The maximum Gasteiger partial charge on any atom is 0.430 e. The smallest absolute Gasteiger partial charge is 0.426 e. The van der Waals surface area contributed by atoms with Gasteiger partial charge in [-0.1, -0.05) is 19.1 Å². The third-order valence-corrected chi connectivity index (χ3v) is 3.72. The van der Waals surface area contributed by atoms with E-state index in [0.717, 1.165) is 12.1 Å². The number of hydrogen-bond acceptors (Lipinski definition) is 3. The molecule has 1 aromatic rings. The lowest BCUT2D eigenvalue weighted by Crippen LogP contribution is -2.53. The second-order valence-corrected chi connectivity index (χ2v) is 5.86. The van der Waals surface area contributed by atoms with Crippen LogP contribution in [0.2, 0.25) is 0 Å². The number of hydrogen-bond donors (Lipinski definition) is 1. The minimum absolute atomic E-state index is 0.348. The first-order valence-electron chi connectivity index (χ1n) is 6.85. The van der Waals surface area contributed by atoms with E-state index in [9.17, 15) is 36.2 Å². The summed E-state index contributed by atoms with van der Waals surface area (Å²) in [5, 5.41) is 9.33. The van der Waals surface area contributed by atoms with Crippen molar-refractivity contribution in [2.75, 3.05) is 0 Å². The van der Waals surface area contributed by atoms with Crippen LogP contribution in [0, 0.1) is 5.41 Å². The van der Waals surface area contributed by atoms with Crippen molar-refractivity contribution in [2.24, 2.45) is 5.41 Å². The predicted octanol–water partition coefficient (Wildman–Crippen LogP) is 4.34. The van der Waals surface area contributed by atoms with Gasteiger partial charge in [0.2, 0.25) is 0 Å². The number of carbonyl (C=O) groups is 1. The highest BCUT2D eigenvalue weighted by Crippen LogP contribution is 2.50. The Bertz CT molecular complexity index is 590. The van der Waals surface area contributed by atoms with Crippen molar-refractivity contribution < 1.29 is 41.0 Å². The molecule has 1 aromatic carbocycles. The fourth-order valence-electron chi connectivity index (χ4n) is 1.66. The van der Waals surface area contributed by atoms with Crippen LogP contribution in [0.4, 0.5) is 26.3 Å². The van der Waals surface area contributed by atoms with Crippen LogP contribution in [0.25, 0.3) is 0 Å². The van der Waals surface area contributed by atoms with Gasteiger partial charge in [0, 0.05) is 5.56 Å². The highest BCUT2D eigenvalue weighted by Gasteiger charge is 2.71. The van der Waals surface area contributed by atoms with Crippen molar-refractivity contribution in [3.8, 4) is 5.75 Å². The molecule has 1 N–H and O–H groups in total. The Morgan fingerprint density at radius 3 is 2.00 bits per heavy atom. The lowest BCUT2D eigenvalue weighted by molar-refractivity contribution is -0.376. The van der Waals surface area contributed by atoms with E-state index in [1.54, 1.807) is 6.92 Å². The summed E-state index contributed by atoms with van der Waals surface area (Å²) in [7, 11) is 0. The number of ether oxygens (including phenoxy) is 1. The van der Waals surface area contributed by atoms with Gasteiger partial charge in [-0.2, -0.15) is 26.3 Å². The zero-order valence-electron chi connectivity index (χ0n) is 13.0. The molecular weight excluding hydrogens is 342 g/mol. The number of halogens is 6. The summed E-state index contributed by atoms with van der Waals surface area (Å²) in [5.74, 6) is -1.34. The summed E-state index contributed by atoms with van der Waals surface area (Å²) in [5.41, 5.74) is -7.52. The monoisotopic (exact) mass is 358 g/mol. The molecule has 0 spiro atoms. The molecule has 0 radical (unpaired) electrons. The summed E-state index contributed by atoms with van der Waals surface area (Å²) < 4.78 is 81.9. The summed E-state index contributed by atoms with van der Waals surface area (Å²) in [6.07, 6.45) is -11.7. The summed E-state index contributed by atoms with van der Waals surface area (Å²) >= 11 is 0. The number of aliphatic hydroxyl groups is 1. The quantitative estimate of drug-likeness (QED) is 0.495. The average molecular weight is 358 g/mol. The number of esters is 1. The van der Waals surface area contributed by atoms with E-state index in [4.69, 9.17) is 4.74 Å². The van der Waals surface area contributed by atoms with Crippen molar-refractivity contribution in [2.45, 2.75) is 45.1 Å². The van der Waals surface area contributed by atoms with Crippen LogP contribution in [0.15, 0.2) is 24.3 Å². The molecule has 0 aliphatic carbocycles. The van der Waals surface area contributed by atoms with Crippen LogP contribution < -0.4 is 4.74 Å². The molecule has 0 aliphatic rings. The molecule has 1 rings (SSSR count). The fourth-order valence-corrected chi connectivity index (χ4v) is 1.66. The first-order chi connectivity index (χ1) is 10.7. The fraction of sp³-hybridized carbons (Fsp3) is 0.533. The molecular formula is C15H16F6O3. The minimum Gasteiger partial charge on any atom is -0.426 e. The molecule has 0 atom stereocenters. The van der Waals surface area contributed by atoms with Crippen LogP contribution in [-0.2, 0) is 10.4 Å². The number of alkyl halides is 6. The number of carbonyl (C=O) groups excluding carboxylic acids is 1. The summed E-state index contributed by atoms with van der Waals surface area (Å²) in [6, 6.07) is 2.67. The maximum absolute atomic E-state index is 12.8. The van der Waals surface area contributed by atoms with E-state index in [-0.39, 0.29) is 0 Å². The second kappa shape index (κ2) is 6.27. The Kier molecular flexibility index (Phi) is 5.30. The molecule has 0 fully saturated rings. The highest BCUT2D eigenvalue weighted by atomic mass is 19.4. The van der Waals surface area contributed by atoms with Gasteiger partial charge in [-0.25, -0.2) is 0 Å². The molecule has 0 saturated carbocycles. The van der Waals surface area contributed by atoms with Crippen molar-refractivity contribution >= 4 is 5.97 Å². The van der Waals surface area contributed by atoms with E-state index in [0.29, 0.717) is 18.6 Å². The van der Waals surface area contributed by atoms with Gasteiger partial charge in [-0.05, 0) is 32.4 Å². The Labute approximate surface area is 134 Å². The maximum atomic E-state index is 12.8. The molecule has 3 nitrogen and oxygen atoms in total. The summed E-state index contributed by atoms with van der Waals surface area (Å²) in [4.78, 5) is 11.9. The lowest BCUT2D eigenvalue weighted by Gasteiger charge is -2.32. The zero-order chi connectivity index (χ0) is 19.0. The van der Waals surface area contributed by atoms with Gasteiger partial charge >= 0.3 is 18.3 Å². The van der Waals surface area contributed by atoms with Gasteiger partial charge in [0.1, 0.15) is 5.75 Å². The SMILES string of the molecule is CCC(C)(C)C(=O)Oc1cccc(C(O)(C(F)(F)F)C(F)(F)F)c1. The van der Waals surface area contributed by atoms with Crippen molar-refractivity contribution in [3.05, 3.63) is 29.8 Å². The van der Waals surface area contributed by atoms with E-state index < -0.39 is 40.7 Å². The zero-order valence-corrected chi connectivity index (χ0v) is 13.0. The van der Waals surface area contributed by atoms with Crippen molar-refractivity contribution in [3.63, 3.8) is 0 Å². The molecule has 0 aliphatic heterocycles. The lowest BCUT2D eigenvalue weighted by atomic mass is 9.90. The molecule has 0 heterocycles. The Morgan fingerprint density at radius 1 is 1.08 bits per heavy atom. The molecule has 0 aromatic heterocycles. The van der Waals surface area contributed by atoms with Crippen LogP contribution in [0.5, 0.6) is 5.75 Å². The van der Waals surface area contributed by atoms with Gasteiger partial charge in [0.15, 0.2) is 0 Å². The van der Waals surface area contributed by atoms with E-state index >= 15 is 0 Å². The molecule has 0 bridgehead atoms. The molecule has 136 valence electrons. The Hall–Kier alpha value is -1.77. The van der Waals surface area contributed by atoms with Crippen LogP contribution in [0.3, 0.4) is 0 Å². The molecule has 0 amide bonds.